The first-order chi connectivity index (χ1) is 10.3. The third-order valence-electron chi connectivity index (χ3n) is 2.82. The fourth-order valence-corrected chi connectivity index (χ4v) is 2.96. The van der Waals surface area contributed by atoms with Crippen molar-refractivity contribution in [3.8, 4) is 0 Å². The zero-order valence-electron chi connectivity index (χ0n) is 12.5. The summed E-state index contributed by atoms with van der Waals surface area (Å²) in [6.07, 6.45) is 3.32. The van der Waals surface area contributed by atoms with Crippen molar-refractivity contribution >= 4 is 35.1 Å². The fourth-order valence-electron chi connectivity index (χ4n) is 1.84. The van der Waals surface area contributed by atoms with Crippen molar-refractivity contribution in [2.45, 2.75) is 31.6 Å². The topological polar surface area (TPSA) is 24.9 Å². The van der Waals surface area contributed by atoms with Crippen molar-refractivity contribution < 1.29 is 4.39 Å². The summed E-state index contributed by atoms with van der Waals surface area (Å²) in [7, 11) is 0. The van der Waals surface area contributed by atoms with E-state index in [1.54, 1.807) is 36.5 Å². The average Bonchev–Trinajstić information content (AvgIpc) is 2.42. The molecule has 0 aliphatic heterocycles. The Morgan fingerprint density at radius 1 is 1.14 bits per heavy atom. The second-order valence-electron chi connectivity index (χ2n) is 5.88. The number of benzene rings is 1. The zero-order valence-corrected chi connectivity index (χ0v) is 14.9. The van der Waals surface area contributed by atoms with E-state index in [0.29, 0.717) is 5.02 Å². The van der Waals surface area contributed by atoms with Gasteiger partial charge in [0.1, 0.15) is 5.82 Å². The van der Waals surface area contributed by atoms with E-state index in [9.17, 15) is 4.39 Å². The molecule has 0 spiro atoms. The molecule has 0 saturated heterocycles. The van der Waals surface area contributed by atoms with Crippen LogP contribution in [0.3, 0.4) is 0 Å². The van der Waals surface area contributed by atoms with Crippen LogP contribution in [0.1, 0.15) is 37.9 Å². The van der Waals surface area contributed by atoms with Crippen LogP contribution in [0.25, 0.3) is 0 Å². The summed E-state index contributed by atoms with van der Waals surface area (Å²) < 4.78 is 16.8. The van der Waals surface area contributed by atoms with Gasteiger partial charge in [0.25, 0.3) is 0 Å². The van der Waals surface area contributed by atoms with Gasteiger partial charge in [0, 0.05) is 17.1 Å². The lowest BCUT2D eigenvalue weighted by Gasteiger charge is -2.25. The summed E-state index contributed by atoms with van der Waals surface area (Å²) in [5.74, 6) is -0.433. The zero-order chi connectivity index (χ0) is 16.3. The Labute approximate surface area is 144 Å². The molecule has 0 bridgehead atoms. The maximum Gasteiger partial charge on any atom is 0.141 e. The monoisotopic (exact) mass is 358 g/mol. The van der Waals surface area contributed by atoms with Crippen molar-refractivity contribution in [2.75, 3.05) is 0 Å². The van der Waals surface area contributed by atoms with Crippen molar-refractivity contribution in [3.63, 3.8) is 0 Å². The van der Waals surface area contributed by atoms with E-state index in [1.807, 2.05) is 6.07 Å². The van der Waals surface area contributed by atoms with Gasteiger partial charge in [0.2, 0.25) is 0 Å². The van der Waals surface area contributed by atoms with Gasteiger partial charge in [-0.05, 0) is 50.1 Å². The molecule has 1 N–H and O–H groups in total. The largest absolute Gasteiger partial charge is 0.263 e. The molecule has 1 unspecified atom stereocenters. The molecule has 1 aromatic carbocycles. The van der Waals surface area contributed by atoms with Gasteiger partial charge in [-0.15, -0.1) is 0 Å². The van der Waals surface area contributed by atoms with Crippen molar-refractivity contribution in [3.05, 3.63) is 63.6 Å². The minimum atomic E-state index is -0.433. The van der Waals surface area contributed by atoms with Gasteiger partial charge < -0.3 is 0 Å². The Bertz CT molecular complexity index is 659. The van der Waals surface area contributed by atoms with Crippen LogP contribution in [-0.2, 0) is 0 Å². The predicted octanol–water partition coefficient (Wildman–Crippen LogP) is 5.65. The lowest BCUT2D eigenvalue weighted by molar-refractivity contribution is 0.626. The molecule has 2 aromatic rings. The van der Waals surface area contributed by atoms with E-state index in [0.717, 1.165) is 11.1 Å². The highest BCUT2D eigenvalue weighted by Gasteiger charge is 2.20. The van der Waals surface area contributed by atoms with Crippen molar-refractivity contribution in [1.82, 2.24) is 9.71 Å². The lowest BCUT2D eigenvalue weighted by Crippen LogP contribution is -2.22. The number of nitrogens with one attached hydrogen (secondary N) is 1. The Kier molecular flexibility index (Phi) is 5.72. The van der Waals surface area contributed by atoms with Gasteiger partial charge in [-0.25, -0.2) is 4.39 Å². The van der Waals surface area contributed by atoms with Crippen LogP contribution in [0.2, 0.25) is 10.0 Å². The maximum atomic E-state index is 13.4. The van der Waals surface area contributed by atoms with E-state index in [-0.39, 0.29) is 15.8 Å². The number of pyridine rings is 1. The smallest absolute Gasteiger partial charge is 0.141 e. The second-order valence-corrected chi connectivity index (χ2v) is 8.38. The molecule has 0 radical (unpaired) electrons. The summed E-state index contributed by atoms with van der Waals surface area (Å²) in [5, 5.41) is 0.651. The van der Waals surface area contributed by atoms with E-state index >= 15 is 0 Å². The number of hydrogen-bond donors (Lipinski definition) is 1. The molecule has 0 aliphatic carbocycles. The van der Waals surface area contributed by atoms with E-state index in [1.165, 1.54) is 6.07 Å². The fraction of sp³-hybridized carbons (Fsp3) is 0.312. The van der Waals surface area contributed by atoms with Crippen LogP contribution in [0, 0.1) is 5.82 Å². The summed E-state index contributed by atoms with van der Waals surface area (Å²) in [6, 6.07) is 6.36. The Balaban J connectivity index is 2.38. The summed E-state index contributed by atoms with van der Waals surface area (Å²) in [4.78, 5) is 4.13. The first-order valence-electron chi connectivity index (χ1n) is 6.75. The summed E-state index contributed by atoms with van der Waals surface area (Å²) in [6.45, 7) is 6.32. The molecule has 6 heteroatoms. The van der Waals surface area contributed by atoms with E-state index in [2.05, 4.69) is 30.5 Å². The third kappa shape index (κ3) is 4.85. The minimum Gasteiger partial charge on any atom is -0.263 e. The highest BCUT2D eigenvalue weighted by atomic mass is 35.5. The SMILES string of the molecule is CC(C)(C)SNC(c1cncc(Cl)c1)c1ccc(F)c(Cl)c1. The summed E-state index contributed by atoms with van der Waals surface area (Å²) in [5.41, 5.74) is 1.75. The molecule has 0 amide bonds. The molecule has 22 heavy (non-hydrogen) atoms. The molecule has 0 aliphatic rings. The molecule has 0 saturated carbocycles. The highest BCUT2D eigenvalue weighted by Crippen LogP contribution is 2.31. The Morgan fingerprint density at radius 3 is 2.45 bits per heavy atom. The molecule has 0 fully saturated rings. The molecule has 1 aromatic heterocycles. The predicted molar refractivity (Wildman–Crippen MR) is 93.0 cm³/mol. The van der Waals surface area contributed by atoms with Gasteiger partial charge >= 0.3 is 0 Å². The standard InChI is InChI=1S/C16H17Cl2FN2S/c1-16(2,3)22-21-15(11-6-12(17)9-20-8-11)10-4-5-14(19)13(18)7-10/h4-9,15,21H,1-3H3. The van der Waals surface area contributed by atoms with Crippen LogP contribution < -0.4 is 4.72 Å². The van der Waals surface area contributed by atoms with Crippen LogP contribution >= 0.6 is 35.1 Å². The quantitative estimate of drug-likeness (QED) is 0.714. The molecular weight excluding hydrogens is 342 g/mol. The highest BCUT2D eigenvalue weighted by molar-refractivity contribution is 7.98. The molecule has 1 atom stereocenters. The van der Waals surface area contributed by atoms with Crippen LogP contribution in [0.4, 0.5) is 4.39 Å². The molecule has 1 heterocycles. The van der Waals surface area contributed by atoms with Gasteiger partial charge in [0.05, 0.1) is 16.1 Å². The molecular formula is C16H17Cl2FN2S. The number of rotatable bonds is 4. The number of hydrogen-bond acceptors (Lipinski definition) is 3. The molecule has 2 rings (SSSR count). The van der Waals surface area contributed by atoms with Gasteiger partial charge in [-0.2, -0.15) is 0 Å². The minimum absolute atomic E-state index is 0.0219. The normalized spacial score (nSPS) is 13.2. The lowest BCUT2D eigenvalue weighted by atomic mass is 10.0. The third-order valence-corrected chi connectivity index (χ3v) is 4.28. The first-order valence-corrected chi connectivity index (χ1v) is 8.32. The van der Waals surface area contributed by atoms with Gasteiger partial charge in [0.15, 0.2) is 0 Å². The number of halogens is 3. The van der Waals surface area contributed by atoms with Gasteiger partial charge in [-0.3, -0.25) is 9.71 Å². The van der Waals surface area contributed by atoms with Crippen LogP contribution in [0.5, 0.6) is 0 Å². The second kappa shape index (κ2) is 7.18. The van der Waals surface area contributed by atoms with E-state index in [4.69, 9.17) is 23.2 Å². The number of aromatic nitrogens is 1. The van der Waals surface area contributed by atoms with Crippen LogP contribution in [0.15, 0.2) is 36.7 Å². The summed E-state index contributed by atoms with van der Waals surface area (Å²) >= 11 is 13.5. The molecule has 2 nitrogen and oxygen atoms in total. The van der Waals surface area contributed by atoms with Crippen molar-refractivity contribution in [1.29, 1.82) is 0 Å². The van der Waals surface area contributed by atoms with E-state index < -0.39 is 5.82 Å². The van der Waals surface area contributed by atoms with Crippen LogP contribution in [-0.4, -0.2) is 9.73 Å². The first kappa shape index (κ1) is 17.5. The maximum absolute atomic E-state index is 13.4. The van der Waals surface area contributed by atoms with Crippen molar-refractivity contribution in [2.24, 2.45) is 0 Å². The Hall–Kier alpha value is -0.810. The molecule has 118 valence electrons. The Morgan fingerprint density at radius 2 is 1.86 bits per heavy atom. The number of nitrogens with zero attached hydrogens (tertiary/aromatic N) is 1. The van der Waals surface area contributed by atoms with Gasteiger partial charge in [-0.1, -0.05) is 41.2 Å². The average molecular weight is 359 g/mol.